The molecule has 0 spiro atoms. The lowest BCUT2D eigenvalue weighted by atomic mass is 9.85. The van der Waals surface area contributed by atoms with Crippen LogP contribution >= 0.6 is 11.3 Å². The lowest BCUT2D eigenvalue weighted by molar-refractivity contribution is -0.122. The summed E-state index contributed by atoms with van der Waals surface area (Å²) in [6, 6.07) is 0.253. The van der Waals surface area contributed by atoms with Crippen LogP contribution in [0.3, 0.4) is 0 Å². The van der Waals surface area contributed by atoms with Gasteiger partial charge < -0.3 is 21.3 Å². The fourth-order valence-electron chi connectivity index (χ4n) is 5.73. The lowest BCUT2D eigenvalue weighted by Gasteiger charge is -2.32. The van der Waals surface area contributed by atoms with Crippen LogP contribution < -0.4 is 16.4 Å². The maximum absolute atomic E-state index is 12.5. The molecular formula is C34H58N6O3S. The minimum atomic E-state index is -0.245. The van der Waals surface area contributed by atoms with Crippen LogP contribution in [0.15, 0.2) is 18.2 Å². The molecule has 4 N–H and O–H groups in total. The molecule has 44 heavy (non-hydrogen) atoms. The van der Waals surface area contributed by atoms with Gasteiger partial charge in [-0.2, -0.15) is 0 Å². The van der Waals surface area contributed by atoms with E-state index in [1.54, 1.807) is 18.3 Å². The van der Waals surface area contributed by atoms with Crippen molar-refractivity contribution >= 4 is 35.5 Å². The number of carbonyl (C=O) groups excluding carboxylic acids is 3. The van der Waals surface area contributed by atoms with Gasteiger partial charge in [-0.1, -0.05) is 58.6 Å². The van der Waals surface area contributed by atoms with Gasteiger partial charge in [-0.05, 0) is 56.8 Å². The van der Waals surface area contributed by atoms with E-state index < -0.39 is 0 Å². The van der Waals surface area contributed by atoms with E-state index in [1.165, 1.54) is 43.4 Å². The second kappa shape index (κ2) is 21.4. The first-order chi connectivity index (χ1) is 21.2. The molecule has 1 aromatic rings. The van der Waals surface area contributed by atoms with Gasteiger partial charge in [0.15, 0.2) is 0 Å². The number of thiazole rings is 1. The number of nitrogens with zero attached hydrogens (tertiary/aromatic N) is 3. The quantitative estimate of drug-likeness (QED) is 0.221. The zero-order chi connectivity index (χ0) is 32.3. The first-order valence-electron chi connectivity index (χ1n) is 16.6. The highest BCUT2D eigenvalue weighted by Crippen LogP contribution is 2.30. The van der Waals surface area contributed by atoms with Gasteiger partial charge in [-0.15, -0.1) is 11.3 Å². The number of likely N-dealkylation sites (N-methyl/N-ethyl adjacent to an activating group) is 2. The lowest BCUT2D eigenvalue weighted by Crippen LogP contribution is -2.45. The molecule has 1 saturated heterocycles. The maximum atomic E-state index is 12.5. The number of rotatable bonds is 13. The Morgan fingerprint density at radius 2 is 1.86 bits per heavy atom. The SMILES string of the molecule is C=C(C=O)CN1CCN(C)CC1.CCC(N)=O.CCC1C=Cc2nc(CCC(=O)NC(CNC)CC3CCCCC3)sc2C1. The molecule has 2 unspecified atom stereocenters. The van der Waals surface area contributed by atoms with E-state index in [2.05, 4.69) is 58.9 Å². The molecule has 248 valence electrons. The zero-order valence-corrected chi connectivity index (χ0v) is 28.6. The molecule has 10 heteroatoms. The average molecular weight is 631 g/mol. The predicted octanol–water partition coefficient (Wildman–Crippen LogP) is 4.22. The zero-order valence-electron chi connectivity index (χ0n) is 27.7. The molecule has 9 nitrogen and oxygen atoms in total. The van der Waals surface area contributed by atoms with E-state index >= 15 is 0 Å². The number of aromatic nitrogens is 1. The summed E-state index contributed by atoms with van der Waals surface area (Å²) in [7, 11) is 4.09. The van der Waals surface area contributed by atoms with E-state index in [-0.39, 0.29) is 17.9 Å². The number of nitrogens with two attached hydrogens (primary N) is 1. The van der Waals surface area contributed by atoms with Crippen molar-refractivity contribution < 1.29 is 14.4 Å². The van der Waals surface area contributed by atoms with Crippen molar-refractivity contribution in [3.8, 4) is 0 Å². The number of piperazine rings is 1. The van der Waals surface area contributed by atoms with Gasteiger partial charge in [-0.25, -0.2) is 4.98 Å². The van der Waals surface area contributed by atoms with Crippen LogP contribution in [-0.4, -0.2) is 92.3 Å². The summed E-state index contributed by atoms with van der Waals surface area (Å²) >= 11 is 1.80. The van der Waals surface area contributed by atoms with Crippen molar-refractivity contribution in [2.24, 2.45) is 17.6 Å². The van der Waals surface area contributed by atoms with Crippen LogP contribution in [-0.2, 0) is 27.2 Å². The number of aldehydes is 1. The summed E-state index contributed by atoms with van der Waals surface area (Å²) in [5.74, 6) is 1.35. The summed E-state index contributed by atoms with van der Waals surface area (Å²) in [5, 5.41) is 7.63. The predicted molar refractivity (Wildman–Crippen MR) is 183 cm³/mol. The molecule has 2 atom stereocenters. The van der Waals surface area contributed by atoms with E-state index in [4.69, 9.17) is 4.98 Å². The number of amides is 2. The molecule has 2 amide bonds. The van der Waals surface area contributed by atoms with Crippen molar-refractivity contribution in [2.75, 3.05) is 53.4 Å². The van der Waals surface area contributed by atoms with E-state index in [9.17, 15) is 14.4 Å². The fraction of sp³-hybridized carbons (Fsp3) is 0.706. The monoisotopic (exact) mass is 630 g/mol. The third kappa shape index (κ3) is 15.1. The van der Waals surface area contributed by atoms with Crippen LogP contribution in [0.5, 0.6) is 0 Å². The molecule has 0 bridgehead atoms. The molecule has 2 fully saturated rings. The molecule has 0 radical (unpaired) electrons. The fourth-order valence-corrected chi connectivity index (χ4v) is 6.88. The number of primary amides is 1. The molecule has 4 rings (SSSR count). The van der Waals surface area contributed by atoms with Gasteiger partial charge in [0, 0.05) is 69.4 Å². The first-order valence-corrected chi connectivity index (χ1v) is 17.4. The Labute approximate surface area is 270 Å². The topological polar surface area (TPSA) is 121 Å². The minimum Gasteiger partial charge on any atom is -0.370 e. The molecule has 0 aromatic carbocycles. The molecule has 1 aromatic heterocycles. The summed E-state index contributed by atoms with van der Waals surface area (Å²) in [4.78, 5) is 43.1. The molecule has 1 aliphatic heterocycles. The van der Waals surface area contributed by atoms with E-state index in [1.807, 2.05) is 7.05 Å². The van der Waals surface area contributed by atoms with Crippen LogP contribution in [0.1, 0.15) is 87.2 Å². The standard InChI is InChI=1S/C22H35N3OS.C9H16N2O.C3H7NO/c1-3-16-9-10-19-20(14-16)27-22(25-19)12-11-21(26)24-18(15-23-2)13-17-7-5-4-6-8-17;1-9(8-12)7-11-5-3-10(2)4-6-11;1-2-3(4)5/h9-10,16-18,23H,3-8,11-15H2,1-2H3,(H,24,26);8H,1,3-7H2,2H3;2H2,1H3,(H2,4,5). The Kier molecular flexibility index (Phi) is 18.3. The van der Waals surface area contributed by atoms with Crippen LogP contribution in [0.25, 0.3) is 6.08 Å². The van der Waals surface area contributed by atoms with Crippen LogP contribution in [0, 0.1) is 11.8 Å². The number of hydrogen-bond donors (Lipinski definition) is 3. The molecule has 3 aliphatic rings. The molecule has 1 saturated carbocycles. The number of allylic oxidation sites excluding steroid dienone is 1. The van der Waals surface area contributed by atoms with Crippen molar-refractivity contribution in [3.63, 3.8) is 0 Å². The van der Waals surface area contributed by atoms with Gasteiger partial charge in [0.1, 0.15) is 6.29 Å². The summed E-state index contributed by atoms with van der Waals surface area (Å²) in [5.41, 5.74) is 6.46. The molecule has 2 aliphatic carbocycles. The second-order valence-corrected chi connectivity index (χ2v) is 13.6. The summed E-state index contributed by atoms with van der Waals surface area (Å²) in [6.45, 7) is 13.5. The summed E-state index contributed by atoms with van der Waals surface area (Å²) < 4.78 is 0. The van der Waals surface area contributed by atoms with Crippen molar-refractivity contribution in [2.45, 2.75) is 90.5 Å². The average Bonchev–Trinajstić information content (AvgIpc) is 3.44. The van der Waals surface area contributed by atoms with E-state index in [0.717, 1.165) is 81.4 Å². The van der Waals surface area contributed by atoms with Crippen LogP contribution in [0.2, 0.25) is 0 Å². The largest absolute Gasteiger partial charge is 0.370 e. The number of fused-ring (bicyclic) bond motifs is 1. The van der Waals surface area contributed by atoms with Gasteiger partial charge in [-0.3, -0.25) is 19.3 Å². The normalized spacial score (nSPS) is 19.4. The summed E-state index contributed by atoms with van der Waals surface area (Å²) in [6.07, 6.45) is 17.2. The number of hydrogen-bond acceptors (Lipinski definition) is 8. The van der Waals surface area contributed by atoms with Gasteiger partial charge in [0.25, 0.3) is 0 Å². The van der Waals surface area contributed by atoms with Gasteiger partial charge >= 0.3 is 0 Å². The highest BCUT2D eigenvalue weighted by molar-refractivity contribution is 7.11. The first kappa shape index (κ1) is 37.8. The Balaban J connectivity index is 0.000000328. The number of aryl methyl sites for hydroxylation is 1. The Bertz CT molecular complexity index is 1040. The third-order valence-electron chi connectivity index (χ3n) is 8.53. The highest BCUT2D eigenvalue weighted by Gasteiger charge is 2.21. The van der Waals surface area contributed by atoms with Crippen LogP contribution in [0.4, 0.5) is 0 Å². The van der Waals surface area contributed by atoms with Crippen molar-refractivity contribution in [1.82, 2.24) is 25.4 Å². The third-order valence-corrected chi connectivity index (χ3v) is 9.69. The van der Waals surface area contributed by atoms with Gasteiger partial charge in [0.05, 0.1) is 10.7 Å². The Morgan fingerprint density at radius 3 is 2.45 bits per heavy atom. The molecular weight excluding hydrogens is 572 g/mol. The van der Waals surface area contributed by atoms with Crippen molar-refractivity contribution in [3.05, 3.63) is 33.8 Å². The maximum Gasteiger partial charge on any atom is 0.220 e. The molecule has 2 heterocycles. The second-order valence-electron chi connectivity index (χ2n) is 12.4. The van der Waals surface area contributed by atoms with E-state index in [0.29, 0.717) is 24.3 Å². The highest BCUT2D eigenvalue weighted by atomic mass is 32.1. The minimum absolute atomic E-state index is 0.168. The smallest absolute Gasteiger partial charge is 0.220 e. The Hall–Kier alpha value is -2.40. The Morgan fingerprint density at radius 1 is 1.18 bits per heavy atom. The van der Waals surface area contributed by atoms with Crippen molar-refractivity contribution in [1.29, 1.82) is 0 Å². The number of nitrogens with one attached hydrogen (secondary N) is 2. The van der Waals surface area contributed by atoms with Gasteiger partial charge in [0.2, 0.25) is 11.8 Å². The number of carbonyl (C=O) groups is 3.